The Balaban J connectivity index is 0. The molecule has 0 unspecified atom stereocenters. The van der Waals surface area contributed by atoms with Crippen LogP contribution < -0.4 is 4.74 Å². The number of rotatable bonds is 3. The molecule has 0 atom stereocenters. The van der Waals surface area contributed by atoms with Crippen molar-refractivity contribution in [1.29, 1.82) is 0 Å². The van der Waals surface area contributed by atoms with E-state index in [0.717, 1.165) is 0 Å². The van der Waals surface area contributed by atoms with Crippen LogP contribution in [0.25, 0.3) is 0 Å². The minimum Gasteiger partial charge on any atom is -1.00 e. The largest absolute Gasteiger partial charge is 2.00 e. The van der Waals surface area contributed by atoms with E-state index in [2.05, 4.69) is 4.98 Å². The molecule has 0 bridgehead atoms. The summed E-state index contributed by atoms with van der Waals surface area (Å²) < 4.78 is 5.41. The summed E-state index contributed by atoms with van der Waals surface area (Å²) >= 11 is 5.72. The first-order chi connectivity index (χ1) is 7.65. The maximum absolute atomic E-state index is 10.6. The number of hydrogen-bond donors (Lipinski definition) is 2. The predicted molar refractivity (Wildman–Crippen MR) is 67.3 cm³/mol. The van der Waals surface area contributed by atoms with E-state index in [-0.39, 0.29) is 31.6 Å². The smallest absolute Gasteiger partial charge is 1.00 e. The molecule has 17 heavy (non-hydrogen) atoms. The van der Waals surface area contributed by atoms with Gasteiger partial charge in [0.1, 0.15) is 17.2 Å². The van der Waals surface area contributed by atoms with Crippen molar-refractivity contribution < 1.29 is 17.5 Å². The summed E-state index contributed by atoms with van der Waals surface area (Å²) in [4.78, 5) is 13.2. The number of H-pyrrole nitrogens is 1. The van der Waals surface area contributed by atoms with E-state index >= 15 is 0 Å². The van der Waals surface area contributed by atoms with E-state index in [0.29, 0.717) is 16.5 Å². The van der Waals surface area contributed by atoms with Crippen LogP contribution in [-0.2, 0) is 0 Å². The van der Waals surface area contributed by atoms with Crippen molar-refractivity contribution in [3.8, 4) is 11.5 Å². The van der Waals surface area contributed by atoms with Crippen LogP contribution in [0, 0.1) is 0 Å². The molecule has 86 valence electrons. The third-order valence-corrected chi connectivity index (χ3v) is 2.19. The number of aromatic nitrogens is 1. The van der Waals surface area contributed by atoms with Crippen LogP contribution in [0.4, 0.5) is 0 Å². The molecule has 2 aromatic rings. The minimum absolute atomic E-state index is 0. The standard InChI is InChI=1S/C11H8ClNO3.Mg.2H/c12-7-1-3-8(4-2-7)16-9-5-10(11(14)15)13-6-9;;;/h1-6,13H,(H,14,15);;;/q;+2;2*-1. The van der Waals surface area contributed by atoms with Gasteiger partial charge < -0.3 is 17.7 Å². The first-order valence-electron chi connectivity index (χ1n) is 4.50. The van der Waals surface area contributed by atoms with E-state index in [1.807, 2.05) is 0 Å². The molecular formula is C11H10ClMgNO3. The first-order valence-corrected chi connectivity index (χ1v) is 4.88. The summed E-state index contributed by atoms with van der Waals surface area (Å²) in [6.07, 6.45) is 1.48. The van der Waals surface area contributed by atoms with Crippen molar-refractivity contribution in [3.05, 3.63) is 47.2 Å². The van der Waals surface area contributed by atoms with Crippen molar-refractivity contribution in [2.75, 3.05) is 0 Å². The van der Waals surface area contributed by atoms with Crippen molar-refractivity contribution in [2.45, 2.75) is 0 Å². The summed E-state index contributed by atoms with van der Waals surface area (Å²) in [6.45, 7) is 0. The maximum atomic E-state index is 10.6. The molecule has 0 saturated carbocycles. The number of carboxylic acid groups (broad SMARTS) is 1. The van der Waals surface area contributed by atoms with E-state index < -0.39 is 5.97 Å². The summed E-state index contributed by atoms with van der Waals surface area (Å²) in [5, 5.41) is 9.31. The molecule has 0 fully saturated rings. The molecule has 0 saturated heterocycles. The van der Waals surface area contributed by atoms with Crippen molar-refractivity contribution in [1.82, 2.24) is 4.98 Å². The van der Waals surface area contributed by atoms with Crippen LogP contribution in [0.2, 0.25) is 5.02 Å². The van der Waals surface area contributed by atoms with E-state index in [1.165, 1.54) is 12.3 Å². The molecular weight excluding hydrogens is 254 g/mol. The van der Waals surface area contributed by atoms with Gasteiger partial charge in [0.2, 0.25) is 0 Å². The average molecular weight is 264 g/mol. The van der Waals surface area contributed by atoms with Crippen LogP contribution in [-0.4, -0.2) is 39.1 Å². The maximum Gasteiger partial charge on any atom is 2.00 e. The zero-order valence-electron chi connectivity index (χ0n) is 10.8. The van der Waals surface area contributed by atoms with Gasteiger partial charge in [0.25, 0.3) is 0 Å². The Kier molecular flexibility index (Phi) is 4.86. The van der Waals surface area contributed by atoms with Gasteiger partial charge in [-0.25, -0.2) is 4.79 Å². The zero-order chi connectivity index (χ0) is 11.5. The van der Waals surface area contributed by atoms with Gasteiger partial charge in [-0.1, -0.05) is 11.6 Å². The molecule has 0 aliphatic rings. The first kappa shape index (κ1) is 13.9. The summed E-state index contributed by atoms with van der Waals surface area (Å²) in [7, 11) is 0. The topological polar surface area (TPSA) is 62.3 Å². The average Bonchev–Trinajstić information content (AvgIpc) is 2.70. The molecule has 6 heteroatoms. The predicted octanol–water partition coefficient (Wildman–Crippen LogP) is 3.00. The summed E-state index contributed by atoms with van der Waals surface area (Å²) in [5.41, 5.74) is 0.0870. The number of nitrogens with one attached hydrogen (secondary N) is 1. The fourth-order valence-corrected chi connectivity index (χ4v) is 1.32. The van der Waals surface area contributed by atoms with Gasteiger partial charge in [-0.05, 0) is 24.3 Å². The number of hydrogen-bond acceptors (Lipinski definition) is 2. The van der Waals surface area contributed by atoms with Crippen molar-refractivity contribution in [3.63, 3.8) is 0 Å². The van der Waals surface area contributed by atoms with Gasteiger partial charge >= 0.3 is 29.0 Å². The van der Waals surface area contributed by atoms with E-state index in [4.69, 9.17) is 21.4 Å². The third kappa shape index (κ3) is 3.66. The summed E-state index contributed by atoms with van der Waals surface area (Å²) in [5.74, 6) is 0.0195. The Morgan fingerprint density at radius 2 is 1.94 bits per heavy atom. The van der Waals surface area contributed by atoms with Gasteiger partial charge in [0.05, 0.1) is 0 Å². The number of aromatic carboxylic acids is 1. The number of ether oxygens (including phenoxy) is 1. The second kappa shape index (κ2) is 5.95. The molecule has 2 N–H and O–H groups in total. The fraction of sp³-hybridized carbons (Fsp3) is 0. The fourth-order valence-electron chi connectivity index (χ4n) is 1.20. The number of carboxylic acids is 1. The summed E-state index contributed by atoms with van der Waals surface area (Å²) in [6, 6.07) is 8.21. The van der Waals surface area contributed by atoms with Crippen LogP contribution in [0.5, 0.6) is 11.5 Å². The molecule has 0 aliphatic carbocycles. The molecule has 1 heterocycles. The molecule has 1 aromatic carbocycles. The second-order valence-electron chi connectivity index (χ2n) is 3.11. The minimum atomic E-state index is -1.02. The number of halogens is 1. The normalized spacial score (nSPS) is 9.47. The number of aromatic amines is 1. The van der Waals surface area contributed by atoms with Crippen molar-refractivity contribution in [2.24, 2.45) is 0 Å². The van der Waals surface area contributed by atoms with Crippen molar-refractivity contribution >= 4 is 40.6 Å². The van der Waals surface area contributed by atoms with Gasteiger partial charge in [-0.15, -0.1) is 0 Å². The van der Waals surface area contributed by atoms with Gasteiger partial charge in [-0.3, -0.25) is 0 Å². The van der Waals surface area contributed by atoms with E-state index in [9.17, 15) is 4.79 Å². The van der Waals surface area contributed by atoms with Crippen LogP contribution >= 0.6 is 11.6 Å². The Morgan fingerprint density at radius 3 is 2.47 bits per heavy atom. The molecule has 2 rings (SSSR count). The molecule has 0 spiro atoms. The Morgan fingerprint density at radius 1 is 1.29 bits per heavy atom. The van der Waals surface area contributed by atoms with Gasteiger partial charge in [0, 0.05) is 17.3 Å². The molecule has 0 aliphatic heterocycles. The quantitative estimate of drug-likeness (QED) is 0.837. The van der Waals surface area contributed by atoms with E-state index in [1.54, 1.807) is 24.3 Å². The Labute approximate surface area is 122 Å². The van der Waals surface area contributed by atoms with Crippen LogP contribution in [0.3, 0.4) is 0 Å². The molecule has 0 amide bonds. The van der Waals surface area contributed by atoms with Crippen LogP contribution in [0.15, 0.2) is 36.5 Å². The Bertz CT molecular complexity index is 519. The monoisotopic (exact) mass is 263 g/mol. The van der Waals surface area contributed by atoms with Gasteiger partial charge in [0.15, 0.2) is 0 Å². The molecule has 1 aromatic heterocycles. The molecule has 0 radical (unpaired) electrons. The SMILES string of the molecule is O=C(O)c1cc(Oc2ccc(Cl)cc2)c[nH]1.[H-].[H-].[Mg+2]. The second-order valence-corrected chi connectivity index (χ2v) is 3.55. The third-order valence-electron chi connectivity index (χ3n) is 1.94. The number of carbonyl (C=O) groups is 1. The van der Waals surface area contributed by atoms with Gasteiger partial charge in [-0.2, -0.15) is 0 Å². The number of benzene rings is 1. The molecule has 4 nitrogen and oxygen atoms in total. The Hall–Kier alpha value is -1.17. The zero-order valence-corrected chi connectivity index (χ0v) is 11.0. The van der Waals surface area contributed by atoms with Crippen LogP contribution in [0.1, 0.15) is 13.3 Å².